The lowest BCUT2D eigenvalue weighted by Crippen LogP contribution is -2.37. The largest absolute Gasteiger partial charge is 0.481 e. The minimum atomic E-state index is -0.831. The molecule has 0 aromatic carbocycles. The third kappa shape index (κ3) is 7.34. The van der Waals surface area contributed by atoms with Gasteiger partial charge in [-0.15, -0.1) is 0 Å². The number of carbonyl (C=O) groups is 2. The van der Waals surface area contributed by atoms with Crippen molar-refractivity contribution >= 4 is 11.9 Å². The van der Waals surface area contributed by atoms with Crippen molar-refractivity contribution in [2.24, 2.45) is 0 Å². The third-order valence-electron chi connectivity index (χ3n) is 2.44. The maximum absolute atomic E-state index is 11.8. The summed E-state index contributed by atoms with van der Waals surface area (Å²) in [5, 5.41) is 17.0. The number of nitrogens with zero attached hydrogens (tertiary/aromatic N) is 2. The molecule has 5 heteroatoms. The Bertz CT molecular complexity index is 295. The molecule has 0 rings (SSSR count). The van der Waals surface area contributed by atoms with Crippen molar-refractivity contribution in [3.8, 4) is 6.07 Å². The molecule has 0 unspecified atom stereocenters. The lowest BCUT2D eigenvalue weighted by molar-refractivity contribution is -0.138. The molecule has 0 radical (unpaired) electrons. The number of hydrogen-bond donors (Lipinski definition) is 1. The van der Waals surface area contributed by atoms with Crippen LogP contribution in [0.4, 0.5) is 0 Å². The maximum Gasteiger partial charge on any atom is 0.303 e. The molecule has 0 aromatic rings. The Kier molecular flexibility index (Phi) is 7.78. The van der Waals surface area contributed by atoms with Gasteiger partial charge in [-0.05, 0) is 26.7 Å². The highest BCUT2D eigenvalue weighted by molar-refractivity contribution is 5.76. The summed E-state index contributed by atoms with van der Waals surface area (Å²) in [7, 11) is 0. The van der Waals surface area contributed by atoms with Gasteiger partial charge in [-0.25, -0.2) is 0 Å². The van der Waals surface area contributed by atoms with E-state index in [4.69, 9.17) is 10.4 Å². The van der Waals surface area contributed by atoms with Crippen LogP contribution in [0.25, 0.3) is 0 Å². The molecule has 0 saturated carbocycles. The SMILES string of the molecule is CC(C)N(CCC#N)C(=O)CCCCC(=O)O. The summed E-state index contributed by atoms with van der Waals surface area (Å²) in [4.78, 5) is 23.8. The normalized spacial score (nSPS) is 10.0. The molecule has 5 nitrogen and oxygen atoms in total. The van der Waals surface area contributed by atoms with Gasteiger partial charge in [0.05, 0.1) is 12.5 Å². The van der Waals surface area contributed by atoms with E-state index >= 15 is 0 Å². The van der Waals surface area contributed by atoms with E-state index in [0.29, 0.717) is 32.2 Å². The van der Waals surface area contributed by atoms with E-state index in [0.717, 1.165) is 0 Å². The zero-order chi connectivity index (χ0) is 13.3. The average Bonchev–Trinajstić information content (AvgIpc) is 2.24. The Balaban J connectivity index is 3.98. The van der Waals surface area contributed by atoms with Crippen LogP contribution in [0.5, 0.6) is 0 Å². The van der Waals surface area contributed by atoms with Crippen LogP contribution in [0.2, 0.25) is 0 Å². The van der Waals surface area contributed by atoms with E-state index < -0.39 is 5.97 Å². The molecular formula is C12H20N2O3. The lowest BCUT2D eigenvalue weighted by Gasteiger charge is -2.25. The number of carboxylic acids is 1. The first-order valence-corrected chi connectivity index (χ1v) is 5.87. The summed E-state index contributed by atoms with van der Waals surface area (Å²) in [6.07, 6.45) is 1.90. The molecule has 17 heavy (non-hydrogen) atoms. The molecule has 0 aromatic heterocycles. The number of carboxylic acid groups (broad SMARTS) is 1. The summed E-state index contributed by atoms with van der Waals surface area (Å²) in [6.45, 7) is 4.27. The monoisotopic (exact) mass is 240 g/mol. The van der Waals surface area contributed by atoms with Gasteiger partial charge in [0.15, 0.2) is 0 Å². The molecule has 0 aliphatic carbocycles. The van der Waals surface area contributed by atoms with Crippen molar-refractivity contribution in [1.82, 2.24) is 4.90 Å². The topological polar surface area (TPSA) is 81.4 Å². The standard InChI is InChI=1S/C12H20N2O3/c1-10(2)14(9-5-8-13)11(15)6-3-4-7-12(16)17/h10H,3-7,9H2,1-2H3,(H,16,17). The molecule has 0 atom stereocenters. The van der Waals surface area contributed by atoms with Crippen LogP contribution < -0.4 is 0 Å². The van der Waals surface area contributed by atoms with Crippen LogP contribution in [0.15, 0.2) is 0 Å². The van der Waals surface area contributed by atoms with Gasteiger partial charge >= 0.3 is 5.97 Å². The van der Waals surface area contributed by atoms with Gasteiger partial charge in [0.2, 0.25) is 5.91 Å². The molecule has 0 spiro atoms. The van der Waals surface area contributed by atoms with Crippen LogP contribution in [0, 0.1) is 11.3 Å². The summed E-state index contributed by atoms with van der Waals surface area (Å²) in [6, 6.07) is 2.10. The van der Waals surface area contributed by atoms with Crippen LogP contribution >= 0.6 is 0 Å². The first-order valence-electron chi connectivity index (χ1n) is 5.87. The van der Waals surface area contributed by atoms with Crippen molar-refractivity contribution in [1.29, 1.82) is 5.26 Å². The number of unbranched alkanes of at least 4 members (excludes halogenated alkanes) is 1. The molecule has 1 amide bonds. The molecule has 0 saturated heterocycles. The van der Waals surface area contributed by atoms with Crippen molar-refractivity contribution in [2.75, 3.05) is 6.54 Å². The van der Waals surface area contributed by atoms with E-state index in [9.17, 15) is 9.59 Å². The first kappa shape index (κ1) is 15.4. The van der Waals surface area contributed by atoms with E-state index in [1.807, 2.05) is 19.9 Å². The van der Waals surface area contributed by atoms with Gasteiger partial charge in [0.25, 0.3) is 0 Å². The minimum Gasteiger partial charge on any atom is -0.481 e. The average molecular weight is 240 g/mol. The second-order valence-electron chi connectivity index (χ2n) is 4.19. The van der Waals surface area contributed by atoms with Gasteiger partial charge in [-0.2, -0.15) is 5.26 Å². The number of nitriles is 1. The summed E-state index contributed by atoms with van der Waals surface area (Å²) < 4.78 is 0. The fraction of sp³-hybridized carbons (Fsp3) is 0.750. The molecule has 1 N–H and O–H groups in total. The number of amides is 1. The minimum absolute atomic E-state index is 0.000591. The predicted octanol–water partition coefficient (Wildman–Crippen LogP) is 1.78. The van der Waals surface area contributed by atoms with Crippen LogP contribution in [-0.2, 0) is 9.59 Å². The number of carbonyl (C=O) groups excluding carboxylic acids is 1. The second-order valence-corrected chi connectivity index (χ2v) is 4.19. The zero-order valence-electron chi connectivity index (χ0n) is 10.5. The number of aliphatic carboxylic acids is 1. The number of hydrogen-bond acceptors (Lipinski definition) is 3. The molecule has 0 aliphatic heterocycles. The van der Waals surface area contributed by atoms with Crippen LogP contribution in [0.3, 0.4) is 0 Å². The maximum atomic E-state index is 11.8. The van der Waals surface area contributed by atoms with Gasteiger partial charge in [-0.1, -0.05) is 0 Å². The molecule has 0 heterocycles. The highest BCUT2D eigenvalue weighted by atomic mass is 16.4. The number of rotatable bonds is 8. The van der Waals surface area contributed by atoms with Gasteiger partial charge in [0, 0.05) is 25.4 Å². The van der Waals surface area contributed by atoms with E-state index in [-0.39, 0.29) is 18.4 Å². The van der Waals surface area contributed by atoms with Crippen LogP contribution in [-0.4, -0.2) is 34.5 Å². The predicted molar refractivity (Wildman–Crippen MR) is 63.2 cm³/mol. The van der Waals surface area contributed by atoms with Gasteiger partial charge in [-0.3, -0.25) is 9.59 Å². The Labute approximate surface area is 102 Å². The quantitative estimate of drug-likeness (QED) is 0.656. The summed E-state index contributed by atoms with van der Waals surface area (Å²) in [5.74, 6) is -0.830. The van der Waals surface area contributed by atoms with E-state index in [1.165, 1.54) is 0 Å². The lowest BCUT2D eigenvalue weighted by atomic mass is 10.1. The van der Waals surface area contributed by atoms with Gasteiger partial charge < -0.3 is 10.0 Å². The van der Waals surface area contributed by atoms with Crippen molar-refractivity contribution < 1.29 is 14.7 Å². The zero-order valence-corrected chi connectivity index (χ0v) is 10.5. The Morgan fingerprint density at radius 2 is 1.88 bits per heavy atom. The van der Waals surface area contributed by atoms with Gasteiger partial charge in [0.1, 0.15) is 0 Å². The van der Waals surface area contributed by atoms with E-state index in [1.54, 1.807) is 4.90 Å². The summed E-state index contributed by atoms with van der Waals surface area (Å²) >= 11 is 0. The van der Waals surface area contributed by atoms with Crippen molar-refractivity contribution in [3.63, 3.8) is 0 Å². The first-order chi connectivity index (χ1) is 7.99. The molecule has 0 fully saturated rings. The Morgan fingerprint density at radius 3 is 2.35 bits per heavy atom. The smallest absolute Gasteiger partial charge is 0.303 e. The van der Waals surface area contributed by atoms with Crippen molar-refractivity contribution in [3.05, 3.63) is 0 Å². The third-order valence-corrected chi connectivity index (χ3v) is 2.44. The van der Waals surface area contributed by atoms with E-state index in [2.05, 4.69) is 0 Å². The Morgan fingerprint density at radius 1 is 1.29 bits per heavy atom. The van der Waals surface area contributed by atoms with Crippen LogP contribution in [0.1, 0.15) is 46.0 Å². The highest BCUT2D eigenvalue weighted by Gasteiger charge is 2.15. The fourth-order valence-electron chi connectivity index (χ4n) is 1.54. The molecular weight excluding hydrogens is 220 g/mol. The summed E-state index contributed by atoms with van der Waals surface area (Å²) in [5.41, 5.74) is 0. The second kappa shape index (κ2) is 8.57. The Hall–Kier alpha value is -1.57. The molecule has 0 bridgehead atoms. The molecule has 96 valence electrons. The fourth-order valence-corrected chi connectivity index (χ4v) is 1.54. The van der Waals surface area contributed by atoms with Crippen molar-refractivity contribution in [2.45, 2.75) is 52.0 Å². The molecule has 0 aliphatic rings. The highest BCUT2D eigenvalue weighted by Crippen LogP contribution is 2.07.